The van der Waals surface area contributed by atoms with Gasteiger partial charge in [-0.3, -0.25) is 0 Å². The van der Waals surface area contributed by atoms with Crippen molar-refractivity contribution in [2.75, 3.05) is 13.2 Å². The lowest BCUT2D eigenvalue weighted by molar-refractivity contribution is 0.264. The van der Waals surface area contributed by atoms with Crippen LogP contribution in [-0.2, 0) is 6.42 Å². The van der Waals surface area contributed by atoms with Crippen molar-refractivity contribution < 1.29 is 18.7 Å². The van der Waals surface area contributed by atoms with Gasteiger partial charge >= 0.3 is 0 Å². The van der Waals surface area contributed by atoms with Crippen molar-refractivity contribution in [2.24, 2.45) is 5.73 Å². The van der Waals surface area contributed by atoms with Crippen LogP contribution in [0.25, 0.3) is 22.6 Å². The number of aliphatic hydroxyl groups excluding tert-OH is 1. The maximum atomic E-state index is 13.0. The second kappa shape index (κ2) is 10.9. The van der Waals surface area contributed by atoms with Crippen molar-refractivity contribution in [2.45, 2.75) is 31.7 Å². The number of aliphatic hydroxyl groups is 1. The van der Waals surface area contributed by atoms with Crippen molar-refractivity contribution in [3.05, 3.63) is 84.3 Å². The number of halogens is 1. The smallest absolute Gasteiger partial charge is 0.137 e. The van der Waals surface area contributed by atoms with E-state index in [1.807, 2.05) is 42.5 Å². The van der Waals surface area contributed by atoms with E-state index >= 15 is 0 Å². The first kappa shape index (κ1) is 22.8. The van der Waals surface area contributed by atoms with Gasteiger partial charge < -0.3 is 25.0 Å². The van der Waals surface area contributed by atoms with Gasteiger partial charge in [0, 0.05) is 11.8 Å². The van der Waals surface area contributed by atoms with Gasteiger partial charge in [0.1, 0.15) is 23.2 Å². The first-order chi connectivity index (χ1) is 16.1. The minimum absolute atomic E-state index is 0.179. The molecule has 0 fully saturated rings. The molecule has 0 aliphatic rings. The molecule has 1 atom stereocenters. The SMILES string of the molecule is NC(CO)c1nc(-c2ccc(OCCCCCc3ccc(F)cc3)c(-c3ccco3)c2)c[nH]1. The number of aryl methyl sites for hydroxylation is 1. The number of aromatic amines is 1. The van der Waals surface area contributed by atoms with Crippen LogP contribution in [0.4, 0.5) is 4.39 Å². The molecule has 4 aromatic rings. The summed E-state index contributed by atoms with van der Waals surface area (Å²) in [6, 6.07) is 15.7. The molecule has 7 heteroatoms. The second-order valence-corrected chi connectivity index (χ2v) is 7.93. The molecule has 0 aliphatic carbocycles. The number of ether oxygens (including phenoxy) is 1. The molecule has 6 nitrogen and oxygen atoms in total. The fraction of sp³-hybridized carbons (Fsp3) is 0.269. The molecule has 0 saturated heterocycles. The highest BCUT2D eigenvalue weighted by atomic mass is 19.1. The molecule has 1 unspecified atom stereocenters. The number of aromatic nitrogens is 2. The van der Waals surface area contributed by atoms with E-state index in [0.29, 0.717) is 18.2 Å². The number of hydrogen-bond acceptors (Lipinski definition) is 5. The molecule has 4 rings (SSSR count). The predicted molar refractivity (Wildman–Crippen MR) is 125 cm³/mol. The Morgan fingerprint density at radius 1 is 1.09 bits per heavy atom. The van der Waals surface area contributed by atoms with Crippen LogP contribution in [0, 0.1) is 5.82 Å². The largest absolute Gasteiger partial charge is 0.493 e. The molecular formula is C26H28FN3O3. The maximum absolute atomic E-state index is 13.0. The number of hydrogen-bond donors (Lipinski definition) is 3. The number of imidazole rings is 1. The van der Waals surface area contributed by atoms with Gasteiger partial charge in [0.15, 0.2) is 0 Å². The lowest BCUT2D eigenvalue weighted by Crippen LogP contribution is -2.15. The molecular weight excluding hydrogens is 421 g/mol. The highest BCUT2D eigenvalue weighted by Crippen LogP contribution is 2.34. The van der Waals surface area contributed by atoms with Crippen LogP contribution in [0.3, 0.4) is 0 Å². The fourth-order valence-electron chi connectivity index (χ4n) is 3.64. The molecule has 33 heavy (non-hydrogen) atoms. The summed E-state index contributed by atoms with van der Waals surface area (Å²) in [5.41, 5.74) is 9.47. The summed E-state index contributed by atoms with van der Waals surface area (Å²) in [4.78, 5) is 7.52. The van der Waals surface area contributed by atoms with E-state index in [1.165, 1.54) is 12.1 Å². The minimum Gasteiger partial charge on any atom is -0.493 e. The highest BCUT2D eigenvalue weighted by Gasteiger charge is 2.14. The Labute approximate surface area is 192 Å². The van der Waals surface area contributed by atoms with Gasteiger partial charge in [0.2, 0.25) is 0 Å². The van der Waals surface area contributed by atoms with Crippen molar-refractivity contribution in [3.8, 4) is 28.3 Å². The molecule has 2 aromatic heterocycles. The van der Waals surface area contributed by atoms with Gasteiger partial charge in [-0.05, 0) is 73.7 Å². The quantitative estimate of drug-likeness (QED) is 0.271. The summed E-state index contributed by atoms with van der Waals surface area (Å²) < 4.78 is 24.7. The Balaban J connectivity index is 1.38. The fourth-order valence-corrected chi connectivity index (χ4v) is 3.64. The van der Waals surface area contributed by atoms with E-state index in [-0.39, 0.29) is 12.4 Å². The maximum Gasteiger partial charge on any atom is 0.137 e. The number of nitrogens with two attached hydrogens (primary N) is 1. The lowest BCUT2D eigenvalue weighted by Gasteiger charge is -2.12. The third-order valence-corrected chi connectivity index (χ3v) is 5.49. The Morgan fingerprint density at radius 3 is 2.70 bits per heavy atom. The predicted octanol–water partition coefficient (Wildman–Crippen LogP) is 5.26. The van der Waals surface area contributed by atoms with Crippen LogP contribution >= 0.6 is 0 Å². The topological polar surface area (TPSA) is 97.3 Å². The molecule has 0 radical (unpaired) electrons. The molecule has 0 amide bonds. The first-order valence-corrected chi connectivity index (χ1v) is 11.1. The number of H-pyrrole nitrogens is 1. The van der Waals surface area contributed by atoms with Crippen molar-refractivity contribution >= 4 is 0 Å². The van der Waals surface area contributed by atoms with Crippen LogP contribution in [0.15, 0.2) is 71.5 Å². The Kier molecular flexibility index (Phi) is 7.55. The van der Waals surface area contributed by atoms with Crippen LogP contribution in [0.2, 0.25) is 0 Å². The standard InChI is InChI=1S/C26H28FN3O3/c27-20-10-7-18(8-11-20)5-2-1-3-13-32-25-12-9-19(15-21(25)24-6-4-14-33-24)23-16-29-26(30-23)22(28)17-31/h4,6-12,14-16,22,31H,1-3,5,13,17,28H2,(H,29,30). The minimum atomic E-state index is -0.547. The second-order valence-electron chi connectivity index (χ2n) is 7.93. The Bertz CT molecular complexity index is 1140. The van der Waals surface area contributed by atoms with E-state index in [4.69, 9.17) is 14.9 Å². The number of nitrogens with zero attached hydrogens (tertiary/aromatic N) is 1. The Hall–Kier alpha value is -3.42. The highest BCUT2D eigenvalue weighted by molar-refractivity contribution is 5.73. The van der Waals surface area contributed by atoms with Crippen LogP contribution in [-0.4, -0.2) is 28.3 Å². The third kappa shape index (κ3) is 5.88. The monoisotopic (exact) mass is 449 g/mol. The van der Waals surface area contributed by atoms with E-state index in [2.05, 4.69) is 9.97 Å². The van der Waals surface area contributed by atoms with Crippen molar-refractivity contribution in [3.63, 3.8) is 0 Å². The number of unbranched alkanes of at least 4 members (excludes halogenated alkanes) is 2. The first-order valence-electron chi connectivity index (χ1n) is 11.1. The molecule has 0 saturated carbocycles. The summed E-state index contributed by atoms with van der Waals surface area (Å²) in [5.74, 6) is 1.79. The number of nitrogens with one attached hydrogen (secondary N) is 1. The van der Waals surface area contributed by atoms with Gasteiger partial charge in [0.05, 0.1) is 36.8 Å². The van der Waals surface area contributed by atoms with E-state index < -0.39 is 6.04 Å². The molecule has 172 valence electrons. The lowest BCUT2D eigenvalue weighted by atomic mass is 10.1. The van der Waals surface area contributed by atoms with Crippen LogP contribution in [0.1, 0.15) is 36.7 Å². The Morgan fingerprint density at radius 2 is 1.94 bits per heavy atom. The number of benzene rings is 2. The van der Waals surface area contributed by atoms with E-state index in [9.17, 15) is 9.50 Å². The van der Waals surface area contributed by atoms with Gasteiger partial charge in [-0.1, -0.05) is 12.1 Å². The van der Waals surface area contributed by atoms with Crippen LogP contribution < -0.4 is 10.5 Å². The zero-order chi connectivity index (χ0) is 23.0. The molecule has 0 aliphatic heterocycles. The van der Waals surface area contributed by atoms with Gasteiger partial charge in [-0.15, -0.1) is 0 Å². The third-order valence-electron chi connectivity index (χ3n) is 5.49. The van der Waals surface area contributed by atoms with Gasteiger partial charge in [-0.25, -0.2) is 9.37 Å². The summed E-state index contributed by atoms with van der Waals surface area (Å²) in [6.45, 7) is 0.412. The summed E-state index contributed by atoms with van der Waals surface area (Å²) in [7, 11) is 0. The van der Waals surface area contributed by atoms with Crippen molar-refractivity contribution in [1.29, 1.82) is 0 Å². The van der Waals surface area contributed by atoms with Crippen molar-refractivity contribution in [1.82, 2.24) is 9.97 Å². The normalized spacial score (nSPS) is 12.1. The molecule has 2 aromatic carbocycles. The zero-order valence-corrected chi connectivity index (χ0v) is 18.3. The van der Waals surface area contributed by atoms with Gasteiger partial charge in [-0.2, -0.15) is 0 Å². The number of rotatable bonds is 11. The molecule has 4 N–H and O–H groups in total. The van der Waals surface area contributed by atoms with Crippen LogP contribution in [0.5, 0.6) is 5.75 Å². The van der Waals surface area contributed by atoms with Gasteiger partial charge in [0.25, 0.3) is 0 Å². The summed E-state index contributed by atoms with van der Waals surface area (Å²) >= 11 is 0. The number of furan rings is 1. The van der Waals surface area contributed by atoms with E-state index in [0.717, 1.165) is 53.8 Å². The summed E-state index contributed by atoms with van der Waals surface area (Å²) in [5, 5.41) is 9.25. The average Bonchev–Trinajstić information content (AvgIpc) is 3.55. The van der Waals surface area contributed by atoms with E-state index in [1.54, 1.807) is 12.5 Å². The molecule has 0 spiro atoms. The molecule has 2 heterocycles. The zero-order valence-electron chi connectivity index (χ0n) is 18.3. The summed E-state index contributed by atoms with van der Waals surface area (Å²) in [6.07, 6.45) is 7.30. The molecule has 0 bridgehead atoms. The average molecular weight is 450 g/mol.